The van der Waals surface area contributed by atoms with E-state index in [1.807, 2.05) is 0 Å². The number of likely N-dealkylation sites (tertiary alicyclic amines) is 1. The zero-order chi connectivity index (χ0) is 33.1. The number of piperidine rings is 1. The fraction of sp³-hybridized carbons (Fsp3) is 0.656. The van der Waals surface area contributed by atoms with Gasteiger partial charge in [-0.05, 0) is 43.2 Å². The van der Waals surface area contributed by atoms with E-state index in [-0.39, 0.29) is 24.8 Å². The third-order valence-electron chi connectivity index (χ3n) is 8.71. The average molecular weight is 650 g/mol. The van der Waals surface area contributed by atoms with Crippen molar-refractivity contribution in [2.24, 2.45) is 11.8 Å². The molecule has 0 unspecified atom stereocenters. The van der Waals surface area contributed by atoms with Crippen LogP contribution in [0.3, 0.4) is 0 Å². The second-order valence-electron chi connectivity index (χ2n) is 12.3. The number of halogens is 1. The van der Waals surface area contributed by atoms with Gasteiger partial charge in [0, 0.05) is 76.3 Å². The Kier molecular flexibility index (Phi) is 13.9. The van der Waals surface area contributed by atoms with Crippen LogP contribution in [0.15, 0.2) is 30.6 Å². The fourth-order valence-electron chi connectivity index (χ4n) is 5.79. The van der Waals surface area contributed by atoms with Crippen molar-refractivity contribution in [3.05, 3.63) is 47.5 Å². The molecule has 0 radical (unpaired) electrons. The number of aliphatic hydroxyl groups is 5. The highest BCUT2D eigenvalue weighted by Crippen LogP contribution is 2.25. The van der Waals surface area contributed by atoms with E-state index in [1.165, 1.54) is 6.07 Å². The lowest BCUT2D eigenvalue weighted by atomic mass is 9.92. The molecule has 3 heterocycles. The molecule has 1 aromatic carbocycles. The van der Waals surface area contributed by atoms with Crippen molar-refractivity contribution in [2.45, 2.75) is 63.1 Å². The molecular weight excluding hydrogens is 601 g/mol. The highest BCUT2D eigenvalue weighted by atomic mass is 19.1. The maximum Gasteiger partial charge on any atom is 0.227 e. The Morgan fingerprint density at radius 2 is 1.76 bits per heavy atom. The molecule has 46 heavy (non-hydrogen) atoms. The van der Waals surface area contributed by atoms with Crippen molar-refractivity contribution in [1.82, 2.24) is 20.2 Å². The van der Waals surface area contributed by atoms with Gasteiger partial charge in [-0.1, -0.05) is 6.07 Å². The van der Waals surface area contributed by atoms with Crippen LogP contribution in [0.4, 0.5) is 10.3 Å². The van der Waals surface area contributed by atoms with E-state index in [9.17, 15) is 29.6 Å². The first-order valence-electron chi connectivity index (χ1n) is 16.0. The topological polar surface area (TPSA) is 181 Å². The third kappa shape index (κ3) is 10.3. The predicted molar refractivity (Wildman–Crippen MR) is 167 cm³/mol. The maximum absolute atomic E-state index is 14.8. The van der Waals surface area contributed by atoms with E-state index < -0.39 is 36.8 Å². The lowest BCUT2D eigenvalue weighted by Crippen LogP contribution is -2.55. The first-order chi connectivity index (χ1) is 22.2. The van der Waals surface area contributed by atoms with Gasteiger partial charge in [0.25, 0.3) is 0 Å². The van der Waals surface area contributed by atoms with Crippen molar-refractivity contribution in [3.63, 3.8) is 0 Å². The van der Waals surface area contributed by atoms with Crippen LogP contribution in [0.1, 0.15) is 36.8 Å². The summed E-state index contributed by atoms with van der Waals surface area (Å²) in [5, 5.41) is 50.7. The monoisotopic (exact) mass is 649 g/mol. The molecule has 0 aliphatic carbocycles. The van der Waals surface area contributed by atoms with Gasteiger partial charge in [-0.3, -0.25) is 4.79 Å². The molecular formula is C32H48FN5O8. The summed E-state index contributed by atoms with van der Waals surface area (Å²) in [6, 6.07) is 4.62. The number of anilines is 1. The molecule has 1 aromatic heterocycles. The molecule has 2 fully saturated rings. The normalized spacial score (nSPS) is 18.6. The van der Waals surface area contributed by atoms with E-state index in [2.05, 4.69) is 20.2 Å². The number of ether oxygens (including phenoxy) is 2. The number of nitrogens with one attached hydrogen (secondary N) is 1. The summed E-state index contributed by atoms with van der Waals surface area (Å²) in [7, 11) is 1.65. The molecule has 6 N–H and O–H groups in total. The molecule has 2 aromatic rings. The van der Waals surface area contributed by atoms with E-state index in [0.29, 0.717) is 50.1 Å². The van der Waals surface area contributed by atoms with Gasteiger partial charge in [-0.2, -0.15) is 0 Å². The van der Waals surface area contributed by atoms with Crippen LogP contribution in [0.25, 0.3) is 0 Å². The van der Waals surface area contributed by atoms with Crippen LogP contribution in [0, 0.1) is 17.7 Å². The zero-order valence-electron chi connectivity index (χ0n) is 26.4. The number of hydrogen-bond acceptors (Lipinski definition) is 12. The largest absolute Gasteiger partial charge is 0.493 e. The van der Waals surface area contributed by atoms with Gasteiger partial charge in [-0.25, -0.2) is 14.4 Å². The second kappa shape index (κ2) is 17.8. The van der Waals surface area contributed by atoms with Gasteiger partial charge in [0.15, 0.2) is 0 Å². The Balaban J connectivity index is 1.08. The first-order valence-corrected chi connectivity index (χ1v) is 16.0. The number of carbonyl (C=O) groups excluding carboxylic acids is 1. The second-order valence-corrected chi connectivity index (χ2v) is 12.3. The smallest absolute Gasteiger partial charge is 0.227 e. The summed E-state index contributed by atoms with van der Waals surface area (Å²) in [5.74, 6) is 1.26. The molecule has 14 heteroatoms. The Morgan fingerprint density at radius 1 is 1.07 bits per heavy atom. The summed E-state index contributed by atoms with van der Waals surface area (Å²) < 4.78 is 25.7. The molecule has 2 aliphatic rings. The number of hydrogen-bond donors (Lipinski definition) is 6. The number of methoxy groups -OCH3 is 1. The minimum Gasteiger partial charge on any atom is -0.493 e. The van der Waals surface area contributed by atoms with Crippen LogP contribution < -0.4 is 15.0 Å². The zero-order valence-corrected chi connectivity index (χ0v) is 26.4. The summed E-state index contributed by atoms with van der Waals surface area (Å²) >= 11 is 0. The Hall–Kier alpha value is -2.98. The predicted octanol–water partition coefficient (Wildman–Crippen LogP) is -0.136. The number of carbonyl (C=O) groups is 1. The Bertz CT molecular complexity index is 1210. The quantitative estimate of drug-likeness (QED) is 0.118. The van der Waals surface area contributed by atoms with Gasteiger partial charge in [0.2, 0.25) is 11.9 Å². The fourth-order valence-corrected chi connectivity index (χ4v) is 5.79. The third-order valence-corrected chi connectivity index (χ3v) is 8.71. The summed E-state index contributed by atoms with van der Waals surface area (Å²) in [4.78, 5) is 25.4. The number of aromatic nitrogens is 2. The van der Waals surface area contributed by atoms with E-state index in [1.54, 1.807) is 36.5 Å². The maximum atomic E-state index is 14.8. The lowest BCUT2D eigenvalue weighted by Gasteiger charge is -2.39. The van der Waals surface area contributed by atoms with E-state index >= 15 is 0 Å². The van der Waals surface area contributed by atoms with Crippen molar-refractivity contribution < 1.29 is 44.2 Å². The van der Waals surface area contributed by atoms with Crippen molar-refractivity contribution in [1.29, 1.82) is 0 Å². The summed E-state index contributed by atoms with van der Waals surface area (Å²) in [5.41, 5.74) is 1.26. The Labute approximate surface area is 269 Å². The molecule has 2 saturated heterocycles. The number of benzene rings is 1. The van der Waals surface area contributed by atoms with Crippen LogP contribution in [0.2, 0.25) is 0 Å². The summed E-state index contributed by atoms with van der Waals surface area (Å²) in [6.07, 6.45) is 1.38. The molecule has 13 nitrogen and oxygen atoms in total. The first kappa shape index (κ1) is 35.9. The van der Waals surface area contributed by atoms with Gasteiger partial charge in [-0.15, -0.1) is 0 Å². The standard InChI is InChI=1S/C32H48FN5O8/c1-45-20-22-14-35-32(36-15-22)37-8-6-21(7-9-37)3-2-10-46-25-5-4-24(26(33)12-25)11-29(42)38-17-23(18-38)13-34-16-27(40)30(43)31(44)28(41)19-39/h4-5,12,14-15,21,23,27-28,30-31,34,39-41,43-44H,2-3,6-11,13,16-20H2,1H3/t27-,28+,30+,31+/m0/s1. The van der Waals surface area contributed by atoms with Crippen LogP contribution in [-0.4, -0.2) is 130 Å². The van der Waals surface area contributed by atoms with Crippen molar-refractivity contribution in [2.75, 3.05) is 64.5 Å². The van der Waals surface area contributed by atoms with Gasteiger partial charge in [0.05, 0.1) is 32.3 Å². The molecule has 2 aliphatic heterocycles. The van der Waals surface area contributed by atoms with Gasteiger partial charge < -0.3 is 50.1 Å². The number of rotatable bonds is 18. The molecule has 256 valence electrons. The molecule has 1 amide bonds. The highest BCUT2D eigenvalue weighted by molar-refractivity contribution is 5.79. The molecule has 0 bridgehead atoms. The van der Waals surface area contributed by atoms with E-state index in [4.69, 9.17) is 14.6 Å². The summed E-state index contributed by atoms with van der Waals surface area (Å²) in [6.45, 7) is 3.46. The van der Waals surface area contributed by atoms with Gasteiger partial charge in [0.1, 0.15) is 29.9 Å². The number of nitrogens with zero attached hydrogens (tertiary/aromatic N) is 4. The lowest BCUT2D eigenvalue weighted by molar-refractivity contribution is -0.136. The SMILES string of the molecule is COCc1cnc(N2CCC(CCCOc3ccc(CC(=O)N4CC(CNC[C@H](O)[C@@H](O)[C@H](O)[C@H](O)CO)C4)c(F)c3)CC2)nc1. The van der Waals surface area contributed by atoms with Crippen molar-refractivity contribution >= 4 is 11.9 Å². The molecule has 0 saturated carbocycles. The Morgan fingerprint density at radius 3 is 2.41 bits per heavy atom. The average Bonchev–Trinajstić information content (AvgIpc) is 3.04. The van der Waals surface area contributed by atoms with Crippen molar-refractivity contribution in [3.8, 4) is 5.75 Å². The van der Waals surface area contributed by atoms with Gasteiger partial charge >= 0.3 is 0 Å². The molecule has 4 rings (SSSR count). The highest BCUT2D eigenvalue weighted by Gasteiger charge is 2.32. The van der Waals surface area contributed by atoms with E-state index in [0.717, 1.165) is 50.3 Å². The van der Waals surface area contributed by atoms with Crippen LogP contribution in [-0.2, 0) is 22.6 Å². The number of aliphatic hydroxyl groups excluding tert-OH is 5. The molecule has 4 atom stereocenters. The number of amides is 1. The van der Waals surface area contributed by atoms with Crippen LogP contribution >= 0.6 is 0 Å². The molecule has 0 spiro atoms. The minimum absolute atomic E-state index is 0.0404. The minimum atomic E-state index is -1.67. The van der Waals surface area contributed by atoms with Crippen LogP contribution in [0.5, 0.6) is 5.75 Å².